The van der Waals surface area contributed by atoms with Crippen molar-refractivity contribution in [1.82, 2.24) is 9.88 Å². The molecule has 0 spiro atoms. The number of rotatable bonds is 7. The van der Waals surface area contributed by atoms with E-state index in [-0.39, 0.29) is 5.78 Å². The van der Waals surface area contributed by atoms with Crippen LogP contribution >= 0.6 is 0 Å². The lowest BCUT2D eigenvalue weighted by Gasteiger charge is -2.26. The fourth-order valence-electron chi connectivity index (χ4n) is 4.22. The molecular formula is C22H30N2O2. The number of aromatic nitrogens is 1. The molecule has 0 bridgehead atoms. The van der Waals surface area contributed by atoms with Crippen LogP contribution in [0.4, 0.5) is 0 Å². The molecule has 0 radical (unpaired) electrons. The van der Waals surface area contributed by atoms with E-state index in [1.54, 1.807) is 7.11 Å². The molecule has 4 nitrogen and oxygen atoms in total. The van der Waals surface area contributed by atoms with Gasteiger partial charge in [-0.2, -0.15) is 0 Å². The highest BCUT2D eigenvalue weighted by Crippen LogP contribution is 2.32. The van der Waals surface area contributed by atoms with Crippen LogP contribution in [0.5, 0.6) is 5.75 Å². The molecule has 0 amide bonds. The molecule has 0 atom stereocenters. The van der Waals surface area contributed by atoms with Crippen molar-refractivity contribution in [3.8, 4) is 5.75 Å². The molecule has 3 rings (SSSR count). The van der Waals surface area contributed by atoms with Crippen molar-refractivity contribution in [2.75, 3.05) is 13.7 Å². The van der Waals surface area contributed by atoms with Gasteiger partial charge in [-0.05, 0) is 38.8 Å². The van der Waals surface area contributed by atoms with Crippen LogP contribution in [-0.2, 0) is 6.54 Å². The number of ketones is 1. The van der Waals surface area contributed by atoms with Gasteiger partial charge in [0.25, 0.3) is 0 Å². The Morgan fingerprint density at radius 3 is 2.65 bits per heavy atom. The Morgan fingerprint density at radius 1 is 1.19 bits per heavy atom. The first-order valence-electron chi connectivity index (χ1n) is 9.66. The minimum Gasteiger partial charge on any atom is -0.496 e. The number of methoxy groups -OCH3 is 1. The van der Waals surface area contributed by atoms with Crippen molar-refractivity contribution in [3.63, 3.8) is 0 Å². The second-order valence-electron chi connectivity index (χ2n) is 7.29. The molecule has 140 valence electrons. The topological polar surface area (TPSA) is 43.3 Å². The Bertz CT molecular complexity index is 757. The summed E-state index contributed by atoms with van der Waals surface area (Å²) in [4.78, 5) is 12.8. The first-order valence-corrected chi connectivity index (χ1v) is 9.66. The van der Waals surface area contributed by atoms with E-state index in [1.807, 2.05) is 24.3 Å². The first kappa shape index (κ1) is 18.7. The number of carbonyl (C=O) groups is 1. The zero-order chi connectivity index (χ0) is 18.5. The highest BCUT2D eigenvalue weighted by Gasteiger charge is 2.22. The van der Waals surface area contributed by atoms with Gasteiger partial charge in [-0.1, -0.05) is 37.5 Å². The van der Waals surface area contributed by atoms with Gasteiger partial charge >= 0.3 is 0 Å². The van der Waals surface area contributed by atoms with E-state index in [0.29, 0.717) is 19.1 Å². The molecule has 1 heterocycles. The van der Waals surface area contributed by atoms with Crippen LogP contribution in [0.2, 0.25) is 0 Å². The molecule has 1 fully saturated rings. The summed E-state index contributed by atoms with van der Waals surface area (Å²) in [5.74, 6) is 1.01. The van der Waals surface area contributed by atoms with E-state index in [2.05, 4.69) is 29.8 Å². The highest BCUT2D eigenvalue weighted by molar-refractivity contribution is 5.99. The SMILES string of the molecule is COc1ccccc1CNCC(=O)c1cc(C)n(C2CCCCC2)c1C. The molecule has 0 saturated heterocycles. The minimum absolute atomic E-state index is 0.162. The zero-order valence-electron chi connectivity index (χ0n) is 16.2. The van der Waals surface area contributed by atoms with Gasteiger partial charge in [0.1, 0.15) is 5.75 Å². The van der Waals surface area contributed by atoms with Crippen molar-refractivity contribution in [2.24, 2.45) is 0 Å². The van der Waals surface area contributed by atoms with E-state index < -0.39 is 0 Å². The van der Waals surface area contributed by atoms with Crippen LogP contribution in [0.1, 0.15) is 65.5 Å². The third-order valence-corrected chi connectivity index (χ3v) is 5.52. The van der Waals surface area contributed by atoms with Crippen molar-refractivity contribution in [1.29, 1.82) is 0 Å². The van der Waals surface area contributed by atoms with E-state index in [1.165, 1.54) is 37.8 Å². The van der Waals surface area contributed by atoms with Crippen LogP contribution in [0, 0.1) is 13.8 Å². The smallest absolute Gasteiger partial charge is 0.178 e. The van der Waals surface area contributed by atoms with Gasteiger partial charge in [0.15, 0.2) is 5.78 Å². The number of hydrogen-bond acceptors (Lipinski definition) is 3. The van der Waals surface area contributed by atoms with Crippen LogP contribution < -0.4 is 10.1 Å². The van der Waals surface area contributed by atoms with Crippen molar-refractivity contribution >= 4 is 5.78 Å². The third kappa shape index (κ3) is 4.01. The van der Waals surface area contributed by atoms with Gasteiger partial charge in [0, 0.05) is 35.1 Å². The van der Waals surface area contributed by atoms with Crippen LogP contribution in [0.15, 0.2) is 30.3 Å². The summed E-state index contributed by atoms with van der Waals surface area (Å²) in [6, 6.07) is 10.5. The largest absolute Gasteiger partial charge is 0.496 e. The Hall–Kier alpha value is -2.07. The van der Waals surface area contributed by atoms with E-state index in [0.717, 1.165) is 22.6 Å². The maximum absolute atomic E-state index is 12.8. The van der Waals surface area contributed by atoms with Crippen molar-refractivity contribution in [3.05, 3.63) is 52.8 Å². The predicted octanol–water partition coefficient (Wildman–Crippen LogP) is 4.59. The monoisotopic (exact) mass is 354 g/mol. The molecule has 1 saturated carbocycles. The molecule has 26 heavy (non-hydrogen) atoms. The Morgan fingerprint density at radius 2 is 1.92 bits per heavy atom. The second kappa shape index (κ2) is 8.54. The lowest BCUT2D eigenvalue weighted by atomic mass is 9.95. The molecule has 1 aromatic carbocycles. The third-order valence-electron chi connectivity index (χ3n) is 5.52. The molecule has 0 unspecified atom stereocenters. The predicted molar refractivity (Wildman–Crippen MR) is 105 cm³/mol. The maximum Gasteiger partial charge on any atom is 0.178 e. The Kier molecular flexibility index (Phi) is 6.15. The molecule has 4 heteroatoms. The number of benzene rings is 1. The molecule has 2 aromatic rings. The molecule has 1 N–H and O–H groups in total. The summed E-state index contributed by atoms with van der Waals surface area (Å²) in [6.45, 7) is 5.18. The quantitative estimate of drug-likeness (QED) is 0.740. The first-order chi connectivity index (χ1) is 12.6. The fraction of sp³-hybridized carbons (Fsp3) is 0.500. The summed E-state index contributed by atoms with van der Waals surface area (Å²) < 4.78 is 7.76. The average Bonchev–Trinajstić information content (AvgIpc) is 2.97. The van der Waals surface area contributed by atoms with Crippen LogP contribution in [-0.4, -0.2) is 24.0 Å². The number of Topliss-reactive ketones (excluding diaryl/α,β-unsaturated/α-hetero) is 1. The number of ether oxygens (including phenoxy) is 1. The average molecular weight is 354 g/mol. The number of nitrogens with one attached hydrogen (secondary N) is 1. The Labute approximate surface area is 156 Å². The zero-order valence-corrected chi connectivity index (χ0v) is 16.2. The van der Waals surface area contributed by atoms with E-state index in [4.69, 9.17) is 4.74 Å². The molecule has 1 aliphatic rings. The molecule has 1 aromatic heterocycles. The summed E-state index contributed by atoms with van der Waals surface area (Å²) in [6.07, 6.45) is 6.40. The van der Waals surface area contributed by atoms with E-state index in [9.17, 15) is 4.79 Å². The fourth-order valence-corrected chi connectivity index (χ4v) is 4.22. The summed E-state index contributed by atoms with van der Waals surface area (Å²) in [5.41, 5.74) is 4.26. The standard InChI is InChI=1S/C22H30N2O2/c1-16-13-20(17(2)24(16)19-10-5-4-6-11-19)21(25)15-23-14-18-9-7-8-12-22(18)26-3/h7-9,12-13,19,23H,4-6,10-11,14-15H2,1-3H3. The van der Waals surface area contributed by atoms with Gasteiger partial charge in [0.05, 0.1) is 13.7 Å². The summed E-state index contributed by atoms with van der Waals surface area (Å²) in [7, 11) is 1.67. The maximum atomic E-state index is 12.8. The normalized spacial score (nSPS) is 15.2. The number of para-hydroxylation sites is 1. The molecule has 1 aliphatic carbocycles. The molecule has 0 aliphatic heterocycles. The van der Waals surface area contributed by atoms with Crippen LogP contribution in [0.3, 0.4) is 0 Å². The minimum atomic E-state index is 0.162. The van der Waals surface area contributed by atoms with Gasteiger partial charge in [-0.15, -0.1) is 0 Å². The van der Waals surface area contributed by atoms with Crippen molar-refractivity contribution < 1.29 is 9.53 Å². The second-order valence-corrected chi connectivity index (χ2v) is 7.29. The van der Waals surface area contributed by atoms with Gasteiger partial charge in [0.2, 0.25) is 0 Å². The lowest BCUT2D eigenvalue weighted by Crippen LogP contribution is -2.23. The van der Waals surface area contributed by atoms with Gasteiger partial charge < -0.3 is 14.6 Å². The Balaban J connectivity index is 1.65. The summed E-state index contributed by atoms with van der Waals surface area (Å²) in [5, 5.41) is 3.27. The van der Waals surface area contributed by atoms with Gasteiger partial charge in [-0.25, -0.2) is 0 Å². The number of carbonyl (C=O) groups excluding carboxylic acids is 1. The van der Waals surface area contributed by atoms with E-state index >= 15 is 0 Å². The van der Waals surface area contributed by atoms with Gasteiger partial charge in [-0.3, -0.25) is 4.79 Å². The number of hydrogen-bond donors (Lipinski definition) is 1. The lowest BCUT2D eigenvalue weighted by molar-refractivity contribution is 0.0990. The highest BCUT2D eigenvalue weighted by atomic mass is 16.5. The van der Waals surface area contributed by atoms with Crippen molar-refractivity contribution in [2.45, 2.75) is 58.5 Å². The summed E-state index contributed by atoms with van der Waals surface area (Å²) >= 11 is 0. The number of nitrogens with zero attached hydrogens (tertiary/aromatic N) is 1. The van der Waals surface area contributed by atoms with Crippen LogP contribution in [0.25, 0.3) is 0 Å². The number of aryl methyl sites for hydroxylation is 1. The molecular weight excluding hydrogens is 324 g/mol.